The van der Waals surface area contributed by atoms with Crippen molar-refractivity contribution in [1.29, 1.82) is 15.8 Å². The lowest BCUT2D eigenvalue weighted by Crippen LogP contribution is -1.94. The minimum Gasteiger partial charge on any atom is -0.493 e. The van der Waals surface area contributed by atoms with Crippen LogP contribution in [0.25, 0.3) is 5.57 Å². The fourth-order valence-electron chi connectivity index (χ4n) is 2.23. The van der Waals surface area contributed by atoms with E-state index < -0.39 is 0 Å². The predicted molar refractivity (Wildman–Crippen MR) is 101 cm³/mol. The molecule has 0 spiro atoms. The monoisotopic (exact) mass is 357 g/mol. The highest BCUT2D eigenvalue weighted by molar-refractivity contribution is 5.85. The molecule has 132 valence electrons. The first-order chi connectivity index (χ1) is 13.2. The smallest absolute Gasteiger partial charge is 0.161 e. The fraction of sp³-hybridized carbons (Fsp3) is 0.100. The zero-order chi connectivity index (χ0) is 19.6. The standard InChI is InChI=1S/C20H15N5O2/c1-26-19-8-3-14(9-20(19)27-2)13-24-25-17-6-4-15(5-7-17)18(12-23)16(10-21)11-22/h3-9,13,25H,1-2H3/b24-13+. The van der Waals surface area contributed by atoms with Crippen LogP contribution in [0, 0.1) is 34.0 Å². The third-order valence-corrected chi connectivity index (χ3v) is 3.57. The first-order valence-corrected chi connectivity index (χ1v) is 7.73. The number of hydrazone groups is 1. The molecule has 1 N–H and O–H groups in total. The van der Waals surface area contributed by atoms with Crippen molar-refractivity contribution >= 4 is 17.5 Å². The van der Waals surface area contributed by atoms with Crippen LogP contribution in [0.4, 0.5) is 5.69 Å². The fourth-order valence-corrected chi connectivity index (χ4v) is 2.23. The number of hydrogen-bond donors (Lipinski definition) is 1. The highest BCUT2D eigenvalue weighted by Crippen LogP contribution is 2.27. The molecule has 27 heavy (non-hydrogen) atoms. The zero-order valence-corrected chi connectivity index (χ0v) is 14.7. The number of nitrogens with one attached hydrogen (secondary N) is 1. The average Bonchev–Trinajstić information content (AvgIpc) is 2.72. The molecule has 2 rings (SSSR count). The summed E-state index contributed by atoms with van der Waals surface area (Å²) in [6, 6.07) is 17.4. The van der Waals surface area contributed by atoms with Crippen LogP contribution in [0.5, 0.6) is 11.5 Å². The summed E-state index contributed by atoms with van der Waals surface area (Å²) in [5.41, 5.74) is 4.69. The summed E-state index contributed by atoms with van der Waals surface area (Å²) in [5.74, 6) is 1.24. The van der Waals surface area contributed by atoms with E-state index in [0.717, 1.165) is 5.56 Å². The molecular weight excluding hydrogens is 342 g/mol. The molecule has 0 aliphatic carbocycles. The average molecular weight is 357 g/mol. The lowest BCUT2D eigenvalue weighted by atomic mass is 10.0. The summed E-state index contributed by atoms with van der Waals surface area (Å²) in [4.78, 5) is 0. The Morgan fingerprint density at radius 2 is 1.59 bits per heavy atom. The summed E-state index contributed by atoms with van der Waals surface area (Å²) >= 11 is 0. The van der Waals surface area contributed by atoms with E-state index in [2.05, 4.69) is 10.5 Å². The normalized spacial score (nSPS) is 9.59. The Balaban J connectivity index is 2.13. The molecule has 0 amide bonds. The van der Waals surface area contributed by atoms with E-state index in [9.17, 15) is 0 Å². The summed E-state index contributed by atoms with van der Waals surface area (Å²) in [6.45, 7) is 0. The third-order valence-electron chi connectivity index (χ3n) is 3.57. The van der Waals surface area contributed by atoms with E-state index in [1.165, 1.54) is 0 Å². The lowest BCUT2D eigenvalue weighted by Gasteiger charge is -2.07. The SMILES string of the molecule is COc1ccc(/C=N/Nc2ccc(C(C#N)=C(C#N)C#N)cc2)cc1OC. The van der Waals surface area contributed by atoms with Crippen LogP contribution in [0.15, 0.2) is 53.1 Å². The van der Waals surface area contributed by atoms with Gasteiger partial charge in [-0.25, -0.2) is 0 Å². The quantitative estimate of drug-likeness (QED) is 0.481. The van der Waals surface area contributed by atoms with Crippen molar-refractivity contribution in [2.75, 3.05) is 19.6 Å². The van der Waals surface area contributed by atoms with Crippen LogP contribution in [0.3, 0.4) is 0 Å². The molecule has 0 aliphatic heterocycles. The molecule has 0 heterocycles. The van der Waals surface area contributed by atoms with Crippen LogP contribution in [0.1, 0.15) is 11.1 Å². The van der Waals surface area contributed by atoms with Crippen LogP contribution in [-0.2, 0) is 0 Å². The van der Waals surface area contributed by atoms with Gasteiger partial charge in [-0.3, -0.25) is 5.43 Å². The number of rotatable bonds is 6. The van der Waals surface area contributed by atoms with Crippen LogP contribution in [-0.4, -0.2) is 20.4 Å². The van der Waals surface area contributed by atoms with Gasteiger partial charge in [0.1, 0.15) is 23.8 Å². The van der Waals surface area contributed by atoms with Crippen LogP contribution >= 0.6 is 0 Å². The Labute approximate surface area is 157 Å². The van der Waals surface area contributed by atoms with Crippen molar-refractivity contribution in [3.63, 3.8) is 0 Å². The number of anilines is 1. The second kappa shape index (κ2) is 9.27. The topological polar surface area (TPSA) is 114 Å². The number of nitriles is 3. The number of allylic oxidation sites excluding steroid dienone is 2. The van der Waals surface area contributed by atoms with E-state index >= 15 is 0 Å². The van der Waals surface area contributed by atoms with Gasteiger partial charge in [-0.05, 0) is 41.5 Å². The number of benzene rings is 2. The summed E-state index contributed by atoms with van der Waals surface area (Å²) in [7, 11) is 3.13. The Kier molecular flexibility index (Phi) is 6.54. The van der Waals surface area contributed by atoms with Crippen molar-refractivity contribution in [2.24, 2.45) is 5.10 Å². The minimum atomic E-state index is -0.218. The van der Waals surface area contributed by atoms with Crippen molar-refractivity contribution in [3.8, 4) is 29.7 Å². The van der Waals surface area contributed by atoms with Gasteiger partial charge in [0.2, 0.25) is 0 Å². The van der Waals surface area contributed by atoms with E-state index in [4.69, 9.17) is 25.3 Å². The maximum atomic E-state index is 9.16. The van der Waals surface area contributed by atoms with Crippen molar-refractivity contribution in [3.05, 3.63) is 59.2 Å². The molecule has 2 aromatic rings. The lowest BCUT2D eigenvalue weighted by molar-refractivity contribution is 0.355. The largest absolute Gasteiger partial charge is 0.493 e. The van der Waals surface area contributed by atoms with Crippen molar-refractivity contribution < 1.29 is 9.47 Å². The number of ether oxygens (including phenoxy) is 2. The van der Waals surface area contributed by atoms with Gasteiger partial charge >= 0.3 is 0 Å². The first kappa shape index (κ1) is 19.1. The van der Waals surface area contributed by atoms with E-state index in [1.807, 2.05) is 12.1 Å². The van der Waals surface area contributed by atoms with Crippen LogP contribution < -0.4 is 14.9 Å². The van der Waals surface area contributed by atoms with Gasteiger partial charge in [0.15, 0.2) is 11.5 Å². The Hall–Kier alpha value is -4.28. The van der Waals surface area contributed by atoms with E-state index in [0.29, 0.717) is 22.7 Å². The second-order valence-electron chi connectivity index (χ2n) is 5.15. The van der Waals surface area contributed by atoms with E-state index in [1.54, 1.807) is 69.0 Å². The minimum absolute atomic E-state index is 0.0420. The highest BCUT2D eigenvalue weighted by Gasteiger charge is 2.08. The molecule has 0 aliphatic rings. The molecule has 0 unspecified atom stereocenters. The molecule has 0 radical (unpaired) electrons. The molecule has 0 fully saturated rings. The predicted octanol–water partition coefficient (Wildman–Crippen LogP) is 3.47. The highest BCUT2D eigenvalue weighted by atomic mass is 16.5. The number of methoxy groups -OCH3 is 2. The summed E-state index contributed by atoms with van der Waals surface area (Å²) < 4.78 is 10.4. The molecule has 0 saturated heterocycles. The van der Waals surface area contributed by atoms with Gasteiger partial charge in [-0.15, -0.1) is 0 Å². The molecular formula is C20H15N5O2. The molecule has 0 aromatic heterocycles. The molecule has 7 heteroatoms. The van der Waals surface area contributed by atoms with Gasteiger partial charge in [-0.2, -0.15) is 20.9 Å². The first-order valence-electron chi connectivity index (χ1n) is 7.73. The molecule has 0 atom stereocenters. The zero-order valence-electron chi connectivity index (χ0n) is 14.7. The van der Waals surface area contributed by atoms with Gasteiger partial charge in [-0.1, -0.05) is 12.1 Å². The van der Waals surface area contributed by atoms with E-state index in [-0.39, 0.29) is 11.1 Å². The van der Waals surface area contributed by atoms with Gasteiger partial charge < -0.3 is 9.47 Å². The molecule has 2 aromatic carbocycles. The Bertz CT molecular complexity index is 987. The number of hydrogen-bond acceptors (Lipinski definition) is 7. The van der Waals surface area contributed by atoms with Crippen molar-refractivity contribution in [1.82, 2.24) is 0 Å². The van der Waals surface area contributed by atoms with Crippen molar-refractivity contribution in [2.45, 2.75) is 0 Å². The van der Waals surface area contributed by atoms with Gasteiger partial charge in [0.25, 0.3) is 0 Å². The summed E-state index contributed by atoms with van der Waals surface area (Å²) in [5, 5.41) is 31.1. The van der Waals surface area contributed by atoms with Gasteiger partial charge in [0, 0.05) is 0 Å². The number of nitrogens with zero attached hydrogens (tertiary/aromatic N) is 4. The van der Waals surface area contributed by atoms with Crippen LogP contribution in [0.2, 0.25) is 0 Å². The Morgan fingerprint density at radius 3 is 2.15 bits per heavy atom. The maximum absolute atomic E-state index is 9.16. The molecule has 0 saturated carbocycles. The molecule has 0 bridgehead atoms. The second-order valence-corrected chi connectivity index (χ2v) is 5.15. The van der Waals surface area contributed by atoms with Gasteiger partial charge in [0.05, 0.1) is 31.7 Å². The molecule has 7 nitrogen and oxygen atoms in total. The summed E-state index contributed by atoms with van der Waals surface area (Å²) in [6.07, 6.45) is 1.62. The third kappa shape index (κ3) is 4.63. The maximum Gasteiger partial charge on any atom is 0.161 e. The Morgan fingerprint density at radius 1 is 0.926 bits per heavy atom.